The number of anilines is 1. The Morgan fingerprint density at radius 3 is 2.29 bits per heavy atom. The molecule has 0 heterocycles. The van der Waals surface area contributed by atoms with Crippen LogP contribution in [0.5, 0.6) is 0 Å². The first kappa shape index (κ1) is 32.6. The molecule has 0 aliphatic rings. The summed E-state index contributed by atoms with van der Waals surface area (Å²) in [5.74, 6) is -0.472. The minimum Gasteiger partial charge on any atom is -0.352 e. The second kappa shape index (κ2) is 14.8. The van der Waals surface area contributed by atoms with Gasteiger partial charge in [-0.05, 0) is 68.1 Å². The minimum atomic E-state index is -3.63. The van der Waals surface area contributed by atoms with Crippen LogP contribution in [0.15, 0.2) is 77.3 Å². The zero-order valence-electron chi connectivity index (χ0n) is 23.8. The standard InChI is InChI=1S/C31H37BrClN3O4S/c1-22(2)34-31(38)29(19-24-10-6-5-7-11-24)35(21-25-12-8-13-26(32)18-25)30(37)14-9-17-36(41(4,39)40)28-20-27(33)16-15-23(28)3/h5-8,10-13,15-16,18,20,22,29H,9,14,17,19,21H2,1-4H3,(H,34,38)/t29-/m1/s1. The molecule has 0 fully saturated rings. The molecule has 0 aliphatic carbocycles. The van der Waals surface area contributed by atoms with Crippen molar-refractivity contribution in [1.29, 1.82) is 0 Å². The topological polar surface area (TPSA) is 86.8 Å². The Morgan fingerprint density at radius 1 is 0.976 bits per heavy atom. The highest BCUT2D eigenvalue weighted by atomic mass is 79.9. The van der Waals surface area contributed by atoms with Crippen LogP contribution in [0, 0.1) is 6.92 Å². The fourth-order valence-corrected chi connectivity index (χ4v) is 6.23. The van der Waals surface area contributed by atoms with E-state index in [1.54, 1.807) is 23.1 Å². The van der Waals surface area contributed by atoms with Crippen LogP contribution in [-0.2, 0) is 32.6 Å². The van der Waals surface area contributed by atoms with Crippen LogP contribution in [0.2, 0.25) is 5.02 Å². The Balaban J connectivity index is 1.90. The molecule has 3 rings (SSSR count). The van der Waals surface area contributed by atoms with Crippen molar-refractivity contribution in [3.8, 4) is 0 Å². The summed E-state index contributed by atoms with van der Waals surface area (Å²) in [5, 5.41) is 3.41. The number of sulfonamides is 1. The number of carbonyl (C=O) groups is 2. The van der Waals surface area contributed by atoms with E-state index in [2.05, 4.69) is 21.2 Å². The molecule has 0 aromatic heterocycles. The predicted octanol–water partition coefficient (Wildman–Crippen LogP) is 6.12. The lowest BCUT2D eigenvalue weighted by molar-refractivity contribution is -0.141. The monoisotopic (exact) mass is 661 g/mol. The van der Waals surface area contributed by atoms with Gasteiger partial charge in [0.2, 0.25) is 21.8 Å². The first-order chi connectivity index (χ1) is 19.3. The van der Waals surface area contributed by atoms with E-state index < -0.39 is 16.1 Å². The number of halogens is 2. The van der Waals surface area contributed by atoms with Gasteiger partial charge in [-0.15, -0.1) is 0 Å². The lowest BCUT2D eigenvalue weighted by Crippen LogP contribution is -2.51. The molecule has 0 saturated carbocycles. The van der Waals surface area contributed by atoms with E-state index in [1.165, 1.54) is 4.31 Å². The maximum absolute atomic E-state index is 13.9. The van der Waals surface area contributed by atoms with Crippen molar-refractivity contribution >= 4 is 55.1 Å². The van der Waals surface area contributed by atoms with Crippen LogP contribution in [0.25, 0.3) is 0 Å². The third-order valence-electron chi connectivity index (χ3n) is 6.54. The number of nitrogens with zero attached hydrogens (tertiary/aromatic N) is 2. The highest BCUT2D eigenvalue weighted by Crippen LogP contribution is 2.27. The van der Waals surface area contributed by atoms with Gasteiger partial charge in [0.05, 0.1) is 11.9 Å². The highest BCUT2D eigenvalue weighted by Gasteiger charge is 2.31. The quantitative estimate of drug-likeness (QED) is 0.239. The zero-order chi connectivity index (χ0) is 30.2. The second-order valence-corrected chi connectivity index (χ2v) is 13.6. The van der Waals surface area contributed by atoms with E-state index in [0.29, 0.717) is 17.1 Å². The van der Waals surface area contributed by atoms with E-state index >= 15 is 0 Å². The van der Waals surface area contributed by atoms with Crippen molar-refractivity contribution in [2.24, 2.45) is 0 Å². The molecule has 0 radical (unpaired) electrons. The van der Waals surface area contributed by atoms with Crippen LogP contribution in [0.4, 0.5) is 5.69 Å². The van der Waals surface area contributed by atoms with Crippen molar-refractivity contribution in [3.05, 3.63) is 99.0 Å². The number of carbonyl (C=O) groups excluding carboxylic acids is 2. The van der Waals surface area contributed by atoms with E-state index in [0.717, 1.165) is 27.4 Å². The molecule has 0 saturated heterocycles. The van der Waals surface area contributed by atoms with E-state index in [-0.39, 0.29) is 43.8 Å². The molecule has 1 atom stereocenters. The van der Waals surface area contributed by atoms with E-state index in [1.807, 2.05) is 75.4 Å². The summed E-state index contributed by atoms with van der Waals surface area (Å²) in [4.78, 5) is 29.0. The van der Waals surface area contributed by atoms with Crippen molar-refractivity contribution in [1.82, 2.24) is 10.2 Å². The summed E-state index contributed by atoms with van der Waals surface area (Å²) in [6, 6.07) is 21.5. The number of rotatable bonds is 13. The fourth-order valence-electron chi connectivity index (χ4n) is 4.60. The average molecular weight is 663 g/mol. The number of nitrogens with one attached hydrogen (secondary N) is 1. The number of benzene rings is 3. The Bertz CT molecular complexity index is 1450. The van der Waals surface area contributed by atoms with Gasteiger partial charge in [-0.1, -0.05) is 76.1 Å². The number of amides is 2. The molecule has 2 amide bonds. The lowest BCUT2D eigenvalue weighted by atomic mass is 10.0. The van der Waals surface area contributed by atoms with Crippen LogP contribution >= 0.6 is 27.5 Å². The van der Waals surface area contributed by atoms with Crippen LogP contribution in [-0.4, -0.2) is 50.0 Å². The van der Waals surface area contributed by atoms with Gasteiger partial charge in [0.15, 0.2) is 0 Å². The van der Waals surface area contributed by atoms with Crippen molar-refractivity contribution in [2.45, 2.75) is 58.7 Å². The Labute approximate surface area is 257 Å². The number of hydrogen-bond acceptors (Lipinski definition) is 4. The van der Waals surface area contributed by atoms with Crippen LogP contribution in [0.3, 0.4) is 0 Å². The predicted molar refractivity (Wildman–Crippen MR) is 170 cm³/mol. The summed E-state index contributed by atoms with van der Waals surface area (Å²) < 4.78 is 27.6. The molecular formula is C31H37BrClN3O4S. The van der Waals surface area contributed by atoms with Gasteiger partial charge >= 0.3 is 0 Å². The minimum absolute atomic E-state index is 0.0554. The summed E-state index contributed by atoms with van der Waals surface area (Å²) in [7, 11) is -3.63. The van der Waals surface area contributed by atoms with Gasteiger partial charge in [0.25, 0.3) is 0 Å². The lowest BCUT2D eigenvalue weighted by Gasteiger charge is -2.32. The molecule has 41 heavy (non-hydrogen) atoms. The molecule has 0 unspecified atom stereocenters. The van der Waals surface area contributed by atoms with Gasteiger partial charge in [-0.25, -0.2) is 8.42 Å². The van der Waals surface area contributed by atoms with Crippen molar-refractivity contribution in [2.75, 3.05) is 17.1 Å². The summed E-state index contributed by atoms with van der Waals surface area (Å²) >= 11 is 9.67. The Morgan fingerprint density at radius 2 is 1.66 bits per heavy atom. The van der Waals surface area contributed by atoms with Crippen molar-refractivity contribution in [3.63, 3.8) is 0 Å². The van der Waals surface area contributed by atoms with E-state index in [4.69, 9.17) is 11.6 Å². The van der Waals surface area contributed by atoms with E-state index in [9.17, 15) is 18.0 Å². The Kier molecular flexibility index (Phi) is 11.8. The summed E-state index contributed by atoms with van der Waals surface area (Å²) in [5.41, 5.74) is 3.05. The molecule has 0 spiro atoms. The normalized spacial score (nSPS) is 12.2. The first-order valence-corrected chi connectivity index (χ1v) is 16.5. The van der Waals surface area contributed by atoms with Gasteiger partial charge < -0.3 is 10.2 Å². The maximum Gasteiger partial charge on any atom is 0.243 e. The fraction of sp³-hybridized carbons (Fsp3) is 0.355. The van der Waals surface area contributed by atoms with Gasteiger partial charge in [-0.2, -0.15) is 0 Å². The zero-order valence-corrected chi connectivity index (χ0v) is 27.0. The molecule has 7 nitrogen and oxygen atoms in total. The summed E-state index contributed by atoms with van der Waals surface area (Å²) in [6.07, 6.45) is 1.80. The number of aryl methyl sites for hydroxylation is 1. The van der Waals surface area contributed by atoms with Gasteiger partial charge in [0, 0.05) is 41.5 Å². The Hall–Kier alpha value is -2.88. The third kappa shape index (κ3) is 9.87. The maximum atomic E-state index is 13.9. The van der Waals surface area contributed by atoms with Gasteiger partial charge in [-0.3, -0.25) is 13.9 Å². The smallest absolute Gasteiger partial charge is 0.243 e. The highest BCUT2D eigenvalue weighted by molar-refractivity contribution is 9.10. The molecule has 1 N–H and O–H groups in total. The second-order valence-electron chi connectivity index (χ2n) is 10.4. The number of hydrogen-bond donors (Lipinski definition) is 1. The largest absolute Gasteiger partial charge is 0.352 e. The summed E-state index contributed by atoms with van der Waals surface area (Å²) in [6.45, 7) is 5.91. The average Bonchev–Trinajstić information content (AvgIpc) is 2.89. The van der Waals surface area contributed by atoms with Crippen molar-refractivity contribution < 1.29 is 18.0 Å². The molecule has 0 bridgehead atoms. The molecule has 10 heteroatoms. The van der Waals surface area contributed by atoms with Gasteiger partial charge in [0.1, 0.15) is 6.04 Å². The van der Waals surface area contributed by atoms with Crippen LogP contribution in [0.1, 0.15) is 43.4 Å². The molecular weight excluding hydrogens is 626 g/mol. The molecule has 3 aromatic carbocycles. The molecule has 220 valence electrons. The molecule has 0 aliphatic heterocycles. The molecule has 3 aromatic rings. The first-order valence-electron chi connectivity index (χ1n) is 13.5. The SMILES string of the molecule is Cc1ccc(Cl)cc1N(CCCC(=O)N(Cc1cccc(Br)c1)[C@H](Cc1ccccc1)C(=O)NC(C)C)S(C)(=O)=O. The third-order valence-corrected chi connectivity index (χ3v) is 8.44. The van der Waals surface area contributed by atoms with Crippen LogP contribution < -0.4 is 9.62 Å².